The predicted molar refractivity (Wildman–Crippen MR) is 116 cm³/mol. The first kappa shape index (κ1) is 20.4. The van der Waals surface area contributed by atoms with Crippen LogP contribution < -0.4 is 20.5 Å². The van der Waals surface area contributed by atoms with Crippen LogP contribution >= 0.6 is 15.9 Å². The highest BCUT2D eigenvalue weighted by atomic mass is 79.9. The number of halogens is 1. The van der Waals surface area contributed by atoms with E-state index in [2.05, 4.69) is 31.3 Å². The Morgan fingerprint density at radius 2 is 2.10 bits per heavy atom. The molecule has 0 aliphatic carbocycles. The number of aromatic nitrogens is 2. The molecule has 29 heavy (non-hydrogen) atoms. The fraction of sp³-hybridized carbons (Fsp3) is 0.150. The normalized spacial score (nSPS) is 10.9. The fourth-order valence-corrected chi connectivity index (χ4v) is 3.11. The number of aryl methyl sites for hydroxylation is 1. The maximum Gasteiger partial charge on any atom is 0.262 e. The molecule has 9 heteroatoms. The summed E-state index contributed by atoms with van der Waals surface area (Å²) in [7, 11) is 1.52. The van der Waals surface area contributed by atoms with Crippen LogP contribution in [0.3, 0.4) is 0 Å². The summed E-state index contributed by atoms with van der Waals surface area (Å²) in [6.07, 6.45) is 3.34. The number of nitrogen functional groups attached to an aromatic ring is 1. The number of hydrogen-bond donors (Lipinski definition) is 2. The summed E-state index contributed by atoms with van der Waals surface area (Å²) in [4.78, 5) is 16.2. The van der Waals surface area contributed by atoms with Crippen LogP contribution in [0.1, 0.15) is 11.3 Å². The number of hydrogen-bond acceptors (Lipinski definition) is 6. The molecule has 1 amide bonds. The quantitative estimate of drug-likeness (QED) is 0.528. The zero-order chi connectivity index (χ0) is 20.8. The minimum absolute atomic E-state index is 0.165. The SMILES string of the molecule is COc1cc(C=Nn2cc(C)nc2N)cc(Br)c1OCC(=O)Nc1ccccc1. The van der Waals surface area contributed by atoms with Gasteiger partial charge in [-0.05, 0) is 52.7 Å². The maximum atomic E-state index is 12.1. The van der Waals surface area contributed by atoms with Gasteiger partial charge in [0.25, 0.3) is 5.91 Å². The maximum absolute atomic E-state index is 12.1. The second-order valence-corrected chi connectivity index (χ2v) is 6.92. The molecular formula is C20H20BrN5O3. The summed E-state index contributed by atoms with van der Waals surface area (Å²) in [6.45, 7) is 1.67. The van der Waals surface area contributed by atoms with Crippen LogP contribution in [-0.2, 0) is 4.79 Å². The van der Waals surface area contributed by atoms with Gasteiger partial charge in [0.05, 0.1) is 29.7 Å². The van der Waals surface area contributed by atoms with E-state index in [4.69, 9.17) is 15.2 Å². The van der Waals surface area contributed by atoms with E-state index in [0.717, 1.165) is 11.3 Å². The van der Waals surface area contributed by atoms with Crippen molar-refractivity contribution in [3.05, 3.63) is 64.4 Å². The lowest BCUT2D eigenvalue weighted by Gasteiger charge is -2.13. The number of amides is 1. The molecule has 0 bridgehead atoms. The molecule has 3 aromatic rings. The molecular weight excluding hydrogens is 438 g/mol. The lowest BCUT2D eigenvalue weighted by atomic mass is 10.2. The molecule has 0 saturated heterocycles. The predicted octanol–water partition coefficient (Wildman–Crippen LogP) is 3.44. The van der Waals surface area contributed by atoms with Gasteiger partial charge in [-0.25, -0.2) is 9.66 Å². The molecule has 8 nitrogen and oxygen atoms in total. The third-order valence-corrected chi connectivity index (χ3v) is 4.41. The van der Waals surface area contributed by atoms with Gasteiger partial charge in [0.1, 0.15) is 0 Å². The Morgan fingerprint density at radius 3 is 2.76 bits per heavy atom. The Hall–Kier alpha value is -3.33. The highest BCUT2D eigenvalue weighted by molar-refractivity contribution is 9.10. The molecule has 0 unspecified atom stereocenters. The van der Waals surface area contributed by atoms with Gasteiger partial charge in [0, 0.05) is 5.69 Å². The molecule has 3 N–H and O–H groups in total. The van der Waals surface area contributed by atoms with E-state index >= 15 is 0 Å². The summed E-state index contributed by atoms with van der Waals surface area (Å²) in [5.74, 6) is 0.907. The Labute approximate surface area is 176 Å². The number of ether oxygens (including phenoxy) is 2. The molecule has 3 rings (SSSR count). The Bertz CT molecular complexity index is 1030. The van der Waals surface area contributed by atoms with Crippen LogP contribution in [0.4, 0.5) is 11.6 Å². The van der Waals surface area contributed by atoms with E-state index in [1.807, 2.05) is 25.1 Å². The van der Waals surface area contributed by atoms with Gasteiger partial charge in [-0.2, -0.15) is 5.10 Å². The molecule has 2 aromatic carbocycles. The molecule has 0 saturated carbocycles. The van der Waals surface area contributed by atoms with Crippen LogP contribution in [0.5, 0.6) is 11.5 Å². The van der Waals surface area contributed by atoms with E-state index in [1.165, 1.54) is 11.8 Å². The second-order valence-electron chi connectivity index (χ2n) is 6.07. The Morgan fingerprint density at radius 1 is 1.34 bits per heavy atom. The van der Waals surface area contributed by atoms with Gasteiger partial charge in [-0.3, -0.25) is 4.79 Å². The molecule has 0 spiro atoms. The van der Waals surface area contributed by atoms with E-state index in [-0.39, 0.29) is 12.5 Å². The molecule has 0 aliphatic rings. The van der Waals surface area contributed by atoms with E-state index in [9.17, 15) is 4.79 Å². The number of rotatable bonds is 7. The van der Waals surface area contributed by atoms with Crippen molar-refractivity contribution < 1.29 is 14.3 Å². The highest BCUT2D eigenvalue weighted by Gasteiger charge is 2.13. The van der Waals surface area contributed by atoms with Gasteiger partial charge >= 0.3 is 0 Å². The van der Waals surface area contributed by atoms with Crippen molar-refractivity contribution in [2.24, 2.45) is 5.10 Å². The summed E-state index contributed by atoms with van der Waals surface area (Å²) in [5.41, 5.74) is 8.01. The summed E-state index contributed by atoms with van der Waals surface area (Å²) in [5, 5.41) is 7.05. The zero-order valence-electron chi connectivity index (χ0n) is 15.9. The number of imidazole rings is 1. The van der Waals surface area contributed by atoms with Gasteiger partial charge in [0.2, 0.25) is 5.95 Å². The number of nitrogens with zero attached hydrogens (tertiary/aromatic N) is 3. The van der Waals surface area contributed by atoms with E-state index < -0.39 is 0 Å². The number of para-hydroxylation sites is 1. The number of methoxy groups -OCH3 is 1. The van der Waals surface area contributed by atoms with Crippen molar-refractivity contribution in [2.45, 2.75) is 6.92 Å². The molecule has 1 aromatic heterocycles. The van der Waals surface area contributed by atoms with Crippen molar-refractivity contribution >= 4 is 39.7 Å². The minimum atomic E-state index is -0.276. The molecule has 0 atom stereocenters. The van der Waals surface area contributed by atoms with Crippen molar-refractivity contribution in [3.63, 3.8) is 0 Å². The van der Waals surface area contributed by atoms with Crippen LogP contribution in [0, 0.1) is 6.92 Å². The van der Waals surface area contributed by atoms with Crippen LogP contribution in [0.15, 0.2) is 58.2 Å². The number of nitrogens with two attached hydrogens (primary N) is 1. The standard InChI is InChI=1S/C20H20BrN5O3/c1-13-11-26(20(22)24-13)23-10-14-8-16(21)19(17(9-14)28-2)29-12-18(27)25-15-6-4-3-5-7-15/h3-11H,12H2,1-2H3,(H2,22,24)(H,25,27). The lowest BCUT2D eigenvalue weighted by Crippen LogP contribution is -2.20. The van der Waals surface area contributed by atoms with Crippen molar-refractivity contribution in [1.29, 1.82) is 0 Å². The van der Waals surface area contributed by atoms with Gasteiger partial charge in [-0.1, -0.05) is 18.2 Å². The van der Waals surface area contributed by atoms with Gasteiger partial charge in [-0.15, -0.1) is 0 Å². The van der Waals surface area contributed by atoms with Crippen LogP contribution in [0.25, 0.3) is 0 Å². The first-order valence-electron chi connectivity index (χ1n) is 8.67. The third-order valence-electron chi connectivity index (χ3n) is 3.82. The average molecular weight is 458 g/mol. The van der Waals surface area contributed by atoms with Crippen LogP contribution in [-0.4, -0.2) is 35.5 Å². The van der Waals surface area contributed by atoms with E-state index in [1.54, 1.807) is 36.7 Å². The summed E-state index contributed by atoms with van der Waals surface area (Å²) < 4.78 is 13.2. The summed E-state index contributed by atoms with van der Waals surface area (Å²) >= 11 is 3.46. The van der Waals surface area contributed by atoms with Crippen LogP contribution in [0.2, 0.25) is 0 Å². The first-order chi connectivity index (χ1) is 14.0. The Kier molecular flexibility index (Phi) is 6.50. The van der Waals surface area contributed by atoms with Crippen molar-refractivity contribution in [3.8, 4) is 11.5 Å². The molecule has 0 aliphatic heterocycles. The van der Waals surface area contributed by atoms with Crippen molar-refractivity contribution in [1.82, 2.24) is 9.66 Å². The summed E-state index contributed by atoms with van der Waals surface area (Å²) in [6, 6.07) is 12.7. The first-order valence-corrected chi connectivity index (χ1v) is 9.46. The van der Waals surface area contributed by atoms with Gasteiger partial charge < -0.3 is 20.5 Å². The molecule has 150 valence electrons. The van der Waals surface area contributed by atoms with E-state index in [0.29, 0.717) is 27.6 Å². The zero-order valence-corrected chi connectivity index (χ0v) is 17.5. The van der Waals surface area contributed by atoms with Crippen molar-refractivity contribution in [2.75, 3.05) is 24.8 Å². The smallest absolute Gasteiger partial charge is 0.262 e. The number of anilines is 2. The minimum Gasteiger partial charge on any atom is -0.493 e. The largest absolute Gasteiger partial charge is 0.493 e. The number of carbonyl (C=O) groups excluding carboxylic acids is 1. The molecule has 1 heterocycles. The third kappa shape index (κ3) is 5.35. The molecule has 0 fully saturated rings. The van der Waals surface area contributed by atoms with Gasteiger partial charge in [0.15, 0.2) is 18.1 Å². The lowest BCUT2D eigenvalue weighted by molar-refractivity contribution is -0.118. The number of nitrogens with one attached hydrogen (secondary N) is 1. The second kappa shape index (κ2) is 9.24. The average Bonchev–Trinajstić information content (AvgIpc) is 3.02. The molecule has 0 radical (unpaired) electrons. The monoisotopic (exact) mass is 457 g/mol. The topological polar surface area (TPSA) is 104 Å². The fourth-order valence-electron chi connectivity index (χ4n) is 2.54. The Balaban J connectivity index is 1.71. The number of carbonyl (C=O) groups is 1. The number of benzene rings is 2. The highest BCUT2D eigenvalue weighted by Crippen LogP contribution is 2.36.